The van der Waals surface area contributed by atoms with E-state index in [2.05, 4.69) is 20.3 Å². The Morgan fingerprint density at radius 2 is 1.00 bits per heavy atom. The maximum absolute atomic E-state index is 8.49. The molecule has 0 saturated carbocycles. The van der Waals surface area contributed by atoms with E-state index >= 15 is 0 Å². The maximum atomic E-state index is 8.49. The zero-order chi connectivity index (χ0) is 12.6. The van der Waals surface area contributed by atoms with Crippen molar-refractivity contribution in [3.8, 4) is 0 Å². The summed E-state index contributed by atoms with van der Waals surface area (Å²) in [4.78, 5) is 8.34. The Balaban J connectivity index is 4.20. The molecule has 0 heterocycles. The molecule has 0 saturated heterocycles. The molecule has 0 spiro atoms. The fraction of sp³-hybridized carbons (Fsp3) is 0.600. The molecule has 0 aromatic carbocycles. The van der Waals surface area contributed by atoms with Crippen LogP contribution in [0.5, 0.6) is 0 Å². The van der Waals surface area contributed by atoms with Crippen molar-refractivity contribution in [1.82, 2.24) is 0 Å². The summed E-state index contributed by atoms with van der Waals surface area (Å²) in [6, 6.07) is 0. The van der Waals surface area contributed by atoms with Gasteiger partial charge in [0.2, 0.25) is 0 Å². The van der Waals surface area contributed by atoms with E-state index in [0.29, 0.717) is 35.9 Å². The second-order valence-electron chi connectivity index (χ2n) is 3.31. The van der Waals surface area contributed by atoms with Gasteiger partial charge in [0, 0.05) is 0 Å². The zero-order valence-corrected chi connectivity index (χ0v) is 10.1. The molecule has 0 radical (unpaired) electrons. The van der Waals surface area contributed by atoms with Crippen LogP contribution in [0.3, 0.4) is 0 Å². The van der Waals surface area contributed by atoms with Crippen LogP contribution >= 0.6 is 0 Å². The van der Waals surface area contributed by atoms with Crippen LogP contribution in [0.4, 0.5) is 0 Å². The van der Waals surface area contributed by atoms with Crippen molar-refractivity contribution < 1.29 is 10.4 Å². The summed E-state index contributed by atoms with van der Waals surface area (Å²) in [6.07, 6.45) is 0. The fourth-order valence-corrected chi connectivity index (χ4v) is 0.809. The molecule has 2 N–H and O–H groups in total. The average Bonchev–Trinajstić information content (AvgIpc) is 2.31. The molecule has 6 heteroatoms. The van der Waals surface area contributed by atoms with E-state index in [1.807, 2.05) is 0 Å². The lowest BCUT2D eigenvalue weighted by atomic mass is 10.3. The highest BCUT2D eigenvalue weighted by molar-refractivity contribution is 6.40. The summed E-state index contributed by atoms with van der Waals surface area (Å²) in [5.74, 6) is 0. The second kappa shape index (κ2) is 7.56. The number of oxime groups is 2. The summed E-state index contributed by atoms with van der Waals surface area (Å²) in [7, 11) is 0. The third-order valence-corrected chi connectivity index (χ3v) is 2.15. The molecule has 0 aliphatic carbocycles. The summed E-state index contributed by atoms with van der Waals surface area (Å²) in [6.45, 7) is 7.91. The molecule has 0 aliphatic rings. The van der Waals surface area contributed by atoms with E-state index in [0.717, 1.165) is 0 Å². The Labute approximate surface area is 95.1 Å². The van der Waals surface area contributed by atoms with E-state index in [9.17, 15) is 0 Å². The lowest BCUT2D eigenvalue weighted by Gasteiger charge is -1.98. The second-order valence-corrected chi connectivity index (χ2v) is 3.31. The van der Waals surface area contributed by atoms with Gasteiger partial charge < -0.3 is 10.4 Å². The van der Waals surface area contributed by atoms with Crippen molar-refractivity contribution in [3.05, 3.63) is 0 Å². The minimum absolute atomic E-state index is 0.494. The predicted octanol–water partition coefficient (Wildman–Crippen LogP) is 1.61. The summed E-state index contributed by atoms with van der Waals surface area (Å²) >= 11 is 0. The summed E-state index contributed by atoms with van der Waals surface area (Å²) in [5.41, 5.74) is 2.36. The topological polar surface area (TPSA) is 89.9 Å². The summed E-state index contributed by atoms with van der Waals surface area (Å²) in [5, 5.41) is 23.1. The Morgan fingerprint density at radius 3 is 1.25 bits per heavy atom. The molecular weight excluding hydrogens is 208 g/mol. The van der Waals surface area contributed by atoms with Crippen LogP contribution in [0.25, 0.3) is 0 Å². The first-order chi connectivity index (χ1) is 7.52. The van der Waals surface area contributed by atoms with Gasteiger partial charge in [0.1, 0.15) is 0 Å². The highest BCUT2D eigenvalue weighted by Gasteiger charge is 1.97. The van der Waals surface area contributed by atoms with E-state index in [1.165, 1.54) is 0 Å². The van der Waals surface area contributed by atoms with Gasteiger partial charge in [-0.15, -0.1) is 0 Å². The molecule has 0 amide bonds. The van der Waals surface area contributed by atoms with E-state index in [4.69, 9.17) is 10.4 Å². The van der Waals surface area contributed by atoms with Crippen molar-refractivity contribution in [2.24, 2.45) is 20.3 Å². The molecule has 0 aliphatic heterocycles. The first kappa shape index (κ1) is 14.3. The molecule has 0 aromatic rings. The van der Waals surface area contributed by atoms with Crippen LogP contribution in [0, 0.1) is 0 Å². The molecule has 90 valence electrons. The van der Waals surface area contributed by atoms with Gasteiger partial charge in [-0.05, 0) is 27.7 Å². The monoisotopic (exact) mass is 226 g/mol. The molecule has 0 atom stereocenters. The normalized spacial score (nSPS) is 15.5. The lowest BCUT2D eigenvalue weighted by molar-refractivity contribution is 0.319. The van der Waals surface area contributed by atoms with Gasteiger partial charge in [-0.3, -0.25) is 9.98 Å². The minimum atomic E-state index is 0.494. The van der Waals surface area contributed by atoms with Crippen LogP contribution in [0.15, 0.2) is 20.3 Å². The average molecular weight is 226 g/mol. The van der Waals surface area contributed by atoms with Crippen molar-refractivity contribution in [2.75, 3.05) is 13.1 Å². The van der Waals surface area contributed by atoms with Gasteiger partial charge in [-0.25, -0.2) is 0 Å². The third kappa shape index (κ3) is 5.23. The highest BCUT2D eigenvalue weighted by Crippen LogP contribution is 1.87. The predicted molar refractivity (Wildman–Crippen MR) is 65.7 cm³/mol. The van der Waals surface area contributed by atoms with Crippen LogP contribution in [0.1, 0.15) is 27.7 Å². The van der Waals surface area contributed by atoms with E-state index < -0.39 is 0 Å². The number of hydrogen-bond acceptors (Lipinski definition) is 6. The number of nitrogens with zero attached hydrogens (tertiary/aromatic N) is 4. The smallest absolute Gasteiger partial charge is 0.0971 e. The fourth-order valence-electron chi connectivity index (χ4n) is 0.809. The quantitative estimate of drug-likeness (QED) is 0.323. The molecule has 0 rings (SSSR count). The Hall–Kier alpha value is -1.72. The van der Waals surface area contributed by atoms with Crippen LogP contribution in [0.2, 0.25) is 0 Å². The van der Waals surface area contributed by atoms with Gasteiger partial charge in [-0.2, -0.15) is 0 Å². The molecule has 0 aromatic heterocycles. The van der Waals surface area contributed by atoms with Crippen LogP contribution in [-0.2, 0) is 0 Å². The van der Waals surface area contributed by atoms with Crippen molar-refractivity contribution in [1.29, 1.82) is 0 Å². The van der Waals surface area contributed by atoms with Crippen LogP contribution < -0.4 is 0 Å². The first-order valence-electron chi connectivity index (χ1n) is 4.93. The van der Waals surface area contributed by atoms with E-state index in [-0.39, 0.29) is 0 Å². The van der Waals surface area contributed by atoms with Gasteiger partial charge in [0.25, 0.3) is 0 Å². The molecule has 0 fully saturated rings. The minimum Gasteiger partial charge on any atom is -0.411 e. The molecule has 0 unspecified atom stereocenters. The maximum Gasteiger partial charge on any atom is 0.0971 e. The highest BCUT2D eigenvalue weighted by atomic mass is 16.4. The number of rotatable bonds is 5. The van der Waals surface area contributed by atoms with Crippen molar-refractivity contribution in [3.63, 3.8) is 0 Å². The standard InChI is InChI=1S/C10H18N4O2/c1-7(9(3)13-15)11-5-6-12-8(2)10(4)14-16/h15-16H,5-6H2,1-4H3/b11-7?,12-8?,13-9-,14-10+. The first-order valence-corrected chi connectivity index (χ1v) is 4.93. The zero-order valence-electron chi connectivity index (χ0n) is 10.1. The van der Waals surface area contributed by atoms with Gasteiger partial charge in [0.15, 0.2) is 0 Å². The number of aliphatic imine (C=N–C) groups is 2. The van der Waals surface area contributed by atoms with Gasteiger partial charge >= 0.3 is 0 Å². The van der Waals surface area contributed by atoms with Crippen molar-refractivity contribution in [2.45, 2.75) is 27.7 Å². The number of hydrogen-bond donors (Lipinski definition) is 2. The van der Waals surface area contributed by atoms with Crippen molar-refractivity contribution >= 4 is 22.8 Å². The SMILES string of the molecule is CC(=NCCN=C(C)/C(C)=N/O)/C(C)=N\O. The Morgan fingerprint density at radius 1 is 0.688 bits per heavy atom. The summed E-state index contributed by atoms with van der Waals surface area (Å²) < 4.78 is 0. The molecular formula is C10H18N4O2. The largest absolute Gasteiger partial charge is 0.411 e. The third-order valence-electron chi connectivity index (χ3n) is 2.15. The molecule has 0 bridgehead atoms. The molecule has 6 nitrogen and oxygen atoms in total. The van der Waals surface area contributed by atoms with Crippen LogP contribution in [-0.4, -0.2) is 46.4 Å². The van der Waals surface area contributed by atoms with E-state index in [1.54, 1.807) is 27.7 Å². The van der Waals surface area contributed by atoms with Gasteiger partial charge in [-0.1, -0.05) is 10.3 Å². The Bertz CT molecular complexity index is 309. The lowest BCUT2D eigenvalue weighted by Crippen LogP contribution is -2.09. The Kier molecular flexibility index (Phi) is 6.74. The molecule has 16 heavy (non-hydrogen) atoms. The van der Waals surface area contributed by atoms with Gasteiger partial charge in [0.05, 0.1) is 35.9 Å².